The predicted molar refractivity (Wildman–Crippen MR) is 80.2 cm³/mol. The lowest BCUT2D eigenvalue weighted by Crippen LogP contribution is -2.27. The predicted octanol–water partition coefficient (Wildman–Crippen LogP) is 2.11. The maximum atomic E-state index is 12.6. The van der Waals surface area contributed by atoms with Crippen molar-refractivity contribution in [1.29, 1.82) is 0 Å². The van der Waals surface area contributed by atoms with E-state index >= 15 is 0 Å². The standard InChI is InChI=1S/C14H17N3O2S/c1-10-4-5-12(8-11(10)2)20(18,19)17(3)14-6-7-16-9-13(14)15/h4-9H,15H2,1-3H3. The molecule has 0 bridgehead atoms. The summed E-state index contributed by atoms with van der Waals surface area (Å²) in [6.07, 6.45) is 2.94. The number of aromatic nitrogens is 1. The van der Waals surface area contributed by atoms with Gasteiger partial charge in [-0.05, 0) is 43.2 Å². The van der Waals surface area contributed by atoms with Crippen molar-refractivity contribution in [1.82, 2.24) is 4.98 Å². The van der Waals surface area contributed by atoms with Crippen LogP contribution in [-0.2, 0) is 10.0 Å². The van der Waals surface area contributed by atoms with Gasteiger partial charge < -0.3 is 5.73 Å². The minimum absolute atomic E-state index is 0.249. The van der Waals surface area contributed by atoms with Gasteiger partial charge in [0, 0.05) is 13.2 Å². The number of nitrogens with two attached hydrogens (primary N) is 1. The molecule has 0 fully saturated rings. The molecule has 1 aromatic carbocycles. The number of pyridine rings is 1. The van der Waals surface area contributed by atoms with Gasteiger partial charge in [-0.25, -0.2) is 8.42 Å². The number of aryl methyl sites for hydroxylation is 2. The third-order valence-electron chi connectivity index (χ3n) is 3.30. The Morgan fingerprint density at radius 1 is 1.15 bits per heavy atom. The van der Waals surface area contributed by atoms with Crippen LogP contribution < -0.4 is 10.0 Å². The molecular formula is C14H17N3O2S. The molecule has 0 spiro atoms. The van der Waals surface area contributed by atoms with Crippen molar-refractivity contribution >= 4 is 21.4 Å². The van der Waals surface area contributed by atoms with Gasteiger partial charge in [-0.1, -0.05) is 6.07 Å². The van der Waals surface area contributed by atoms with E-state index in [1.54, 1.807) is 24.3 Å². The minimum atomic E-state index is -3.63. The molecular weight excluding hydrogens is 274 g/mol. The Morgan fingerprint density at radius 2 is 1.85 bits per heavy atom. The average Bonchev–Trinajstić information content (AvgIpc) is 2.41. The zero-order valence-electron chi connectivity index (χ0n) is 11.7. The van der Waals surface area contributed by atoms with Gasteiger partial charge in [0.05, 0.1) is 22.5 Å². The van der Waals surface area contributed by atoms with E-state index in [4.69, 9.17) is 5.73 Å². The molecule has 0 amide bonds. The number of benzene rings is 1. The first-order chi connectivity index (χ1) is 9.34. The molecule has 106 valence electrons. The molecule has 6 heteroatoms. The molecule has 5 nitrogen and oxygen atoms in total. The van der Waals surface area contributed by atoms with Crippen molar-refractivity contribution in [3.05, 3.63) is 47.8 Å². The highest BCUT2D eigenvalue weighted by atomic mass is 32.2. The van der Waals surface area contributed by atoms with Crippen molar-refractivity contribution in [3.63, 3.8) is 0 Å². The van der Waals surface area contributed by atoms with E-state index in [0.29, 0.717) is 11.4 Å². The average molecular weight is 291 g/mol. The van der Waals surface area contributed by atoms with Crippen molar-refractivity contribution in [2.45, 2.75) is 18.7 Å². The van der Waals surface area contributed by atoms with Crippen LogP contribution in [0.4, 0.5) is 11.4 Å². The first kappa shape index (κ1) is 14.3. The molecule has 0 aliphatic heterocycles. The quantitative estimate of drug-likeness (QED) is 0.939. The van der Waals surface area contributed by atoms with Gasteiger partial charge in [0.15, 0.2) is 0 Å². The maximum absolute atomic E-state index is 12.6. The Kier molecular flexibility index (Phi) is 3.67. The molecule has 2 rings (SSSR count). The summed E-state index contributed by atoms with van der Waals surface area (Å²) in [5.41, 5.74) is 8.50. The highest BCUT2D eigenvalue weighted by Gasteiger charge is 2.23. The van der Waals surface area contributed by atoms with Gasteiger partial charge in [-0.2, -0.15) is 0 Å². The summed E-state index contributed by atoms with van der Waals surface area (Å²) in [6, 6.07) is 6.64. The highest BCUT2D eigenvalue weighted by molar-refractivity contribution is 7.92. The van der Waals surface area contributed by atoms with Gasteiger partial charge >= 0.3 is 0 Å². The van der Waals surface area contributed by atoms with Crippen molar-refractivity contribution in [2.75, 3.05) is 17.1 Å². The van der Waals surface area contributed by atoms with E-state index in [0.717, 1.165) is 11.1 Å². The van der Waals surface area contributed by atoms with Crippen LogP contribution in [0.3, 0.4) is 0 Å². The van der Waals surface area contributed by atoms with E-state index in [1.807, 2.05) is 13.8 Å². The van der Waals surface area contributed by atoms with E-state index in [2.05, 4.69) is 4.98 Å². The van der Waals surface area contributed by atoms with Gasteiger partial charge in [0.25, 0.3) is 10.0 Å². The van der Waals surface area contributed by atoms with E-state index in [-0.39, 0.29) is 4.90 Å². The Balaban J connectivity index is 2.50. The molecule has 0 unspecified atom stereocenters. The molecule has 1 aromatic heterocycles. The van der Waals surface area contributed by atoms with E-state index in [9.17, 15) is 8.42 Å². The minimum Gasteiger partial charge on any atom is -0.396 e. The second kappa shape index (κ2) is 5.13. The summed E-state index contributed by atoms with van der Waals surface area (Å²) >= 11 is 0. The second-order valence-electron chi connectivity index (χ2n) is 4.65. The molecule has 0 aliphatic carbocycles. The molecule has 2 N–H and O–H groups in total. The van der Waals surface area contributed by atoms with Crippen LogP contribution in [-0.4, -0.2) is 20.4 Å². The largest absolute Gasteiger partial charge is 0.396 e. The normalized spacial score (nSPS) is 11.3. The summed E-state index contributed by atoms with van der Waals surface area (Å²) in [7, 11) is -2.15. The monoisotopic (exact) mass is 291 g/mol. The topological polar surface area (TPSA) is 76.3 Å². The Morgan fingerprint density at radius 3 is 2.45 bits per heavy atom. The van der Waals surface area contributed by atoms with Gasteiger partial charge in [-0.3, -0.25) is 9.29 Å². The summed E-state index contributed by atoms with van der Waals surface area (Å²) in [4.78, 5) is 4.11. The first-order valence-corrected chi connectivity index (χ1v) is 7.53. The van der Waals surface area contributed by atoms with Crippen LogP contribution in [0.25, 0.3) is 0 Å². The zero-order valence-corrected chi connectivity index (χ0v) is 12.5. The smallest absolute Gasteiger partial charge is 0.264 e. The van der Waals surface area contributed by atoms with Crippen LogP contribution in [0.1, 0.15) is 11.1 Å². The van der Waals surface area contributed by atoms with Crippen molar-refractivity contribution in [3.8, 4) is 0 Å². The summed E-state index contributed by atoms with van der Waals surface area (Å²) < 4.78 is 26.4. The van der Waals surface area contributed by atoms with Crippen LogP contribution >= 0.6 is 0 Å². The Labute approximate surface area is 119 Å². The lowest BCUT2D eigenvalue weighted by atomic mass is 10.1. The molecule has 0 saturated heterocycles. The SMILES string of the molecule is Cc1ccc(S(=O)(=O)N(C)c2ccncc2N)cc1C. The number of hydrogen-bond donors (Lipinski definition) is 1. The number of hydrogen-bond acceptors (Lipinski definition) is 4. The second-order valence-corrected chi connectivity index (χ2v) is 6.62. The summed E-state index contributed by atoms with van der Waals surface area (Å²) in [5, 5.41) is 0. The fourth-order valence-electron chi connectivity index (χ4n) is 1.85. The molecule has 0 saturated carbocycles. The van der Waals surface area contributed by atoms with E-state index in [1.165, 1.54) is 23.7 Å². The maximum Gasteiger partial charge on any atom is 0.264 e. The van der Waals surface area contributed by atoms with Crippen molar-refractivity contribution < 1.29 is 8.42 Å². The van der Waals surface area contributed by atoms with Gasteiger partial charge in [0.1, 0.15) is 0 Å². The first-order valence-electron chi connectivity index (χ1n) is 6.09. The lowest BCUT2D eigenvalue weighted by Gasteiger charge is -2.21. The van der Waals surface area contributed by atoms with Crippen LogP contribution in [0.2, 0.25) is 0 Å². The lowest BCUT2D eigenvalue weighted by molar-refractivity contribution is 0.594. The number of sulfonamides is 1. The van der Waals surface area contributed by atoms with Crippen LogP contribution in [0, 0.1) is 13.8 Å². The number of anilines is 2. The third kappa shape index (κ3) is 2.46. The zero-order chi connectivity index (χ0) is 14.9. The third-order valence-corrected chi connectivity index (χ3v) is 5.07. The van der Waals surface area contributed by atoms with Crippen molar-refractivity contribution in [2.24, 2.45) is 0 Å². The highest BCUT2D eigenvalue weighted by Crippen LogP contribution is 2.27. The fourth-order valence-corrected chi connectivity index (χ4v) is 3.16. The molecule has 20 heavy (non-hydrogen) atoms. The number of nitrogen functional groups attached to an aromatic ring is 1. The van der Waals surface area contributed by atoms with Crippen LogP contribution in [0.5, 0.6) is 0 Å². The molecule has 2 aromatic rings. The molecule has 0 aliphatic rings. The molecule has 0 atom stereocenters. The Bertz CT molecular complexity index is 742. The molecule has 0 radical (unpaired) electrons. The summed E-state index contributed by atoms with van der Waals surface area (Å²) in [5.74, 6) is 0. The Hall–Kier alpha value is -2.08. The van der Waals surface area contributed by atoms with Crippen LogP contribution in [0.15, 0.2) is 41.6 Å². The van der Waals surface area contributed by atoms with E-state index < -0.39 is 10.0 Å². The fraction of sp³-hybridized carbons (Fsp3) is 0.214. The molecule has 1 heterocycles. The summed E-state index contributed by atoms with van der Waals surface area (Å²) in [6.45, 7) is 3.82. The number of nitrogens with zero attached hydrogens (tertiary/aromatic N) is 2. The number of rotatable bonds is 3. The van der Waals surface area contributed by atoms with Gasteiger partial charge in [0.2, 0.25) is 0 Å². The van der Waals surface area contributed by atoms with Gasteiger partial charge in [-0.15, -0.1) is 0 Å².